The summed E-state index contributed by atoms with van der Waals surface area (Å²) in [6, 6.07) is 18.6. The molecule has 0 saturated heterocycles. The van der Waals surface area contributed by atoms with Crippen LogP contribution in [0, 0.1) is 5.92 Å². The molecule has 2 aliphatic rings. The number of carbonyl (C=O) groups is 1. The van der Waals surface area contributed by atoms with Gasteiger partial charge in [0.15, 0.2) is 0 Å². The van der Waals surface area contributed by atoms with Gasteiger partial charge in [0.25, 0.3) is 0 Å². The number of rotatable bonds is 3. The number of amides is 1. The Bertz CT molecular complexity index is 751. The van der Waals surface area contributed by atoms with E-state index in [1.165, 1.54) is 16.7 Å². The molecule has 0 heterocycles. The minimum absolute atomic E-state index is 0.0504. The molecule has 0 bridgehead atoms. The first-order valence-corrected chi connectivity index (χ1v) is 8.32. The van der Waals surface area contributed by atoms with Crippen LogP contribution in [0.2, 0.25) is 0 Å². The lowest BCUT2D eigenvalue weighted by molar-refractivity contribution is -0.122. The van der Waals surface area contributed by atoms with Gasteiger partial charge < -0.3 is 0 Å². The van der Waals surface area contributed by atoms with E-state index in [0.717, 1.165) is 31.4 Å². The van der Waals surface area contributed by atoms with Crippen LogP contribution in [0.5, 0.6) is 0 Å². The molecule has 0 unspecified atom stereocenters. The quantitative estimate of drug-likeness (QED) is 0.864. The van der Waals surface area contributed by atoms with Crippen molar-refractivity contribution in [3.8, 4) is 0 Å². The van der Waals surface area contributed by atoms with Crippen LogP contribution in [-0.4, -0.2) is 11.6 Å². The van der Waals surface area contributed by atoms with Crippen LogP contribution in [-0.2, 0) is 11.2 Å². The van der Waals surface area contributed by atoms with Gasteiger partial charge in [-0.15, -0.1) is 0 Å². The monoisotopic (exact) mass is 304 g/mol. The van der Waals surface area contributed by atoms with Gasteiger partial charge in [0, 0.05) is 11.5 Å². The SMILES string of the molecule is O=C(N/N=C1\CCCc2ccccc21)[C@H]1C[C@H]1c1ccccc1. The van der Waals surface area contributed by atoms with Gasteiger partial charge in [-0.05, 0) is 42.7 Å². The molecule has 1 saturated carbocycles. The number of benzene rings is 2. The Kier molecular flexibility index (Phi) is 3.70. The molecule has 1 amide bonds. The Morgan fingerprint density at radius 3 is 2.65 bits per heavy atom. The van der Waals surface area contributed by atoms with Crippen molar-refractivity contribution < 1.29 is 4.79 Å². The first-order chi connectivity index (χ1) is 11.3. The van der Waals surface area contributed by atoms with Crippen molar-refractivity contribution >= 4 is 11.6 Å². The lowest BCUT2D eigenvalue weighted by Gasteiger charge is -2.17. The molecule has 0 aliphatic heterocycles. The van der Waals surface area contributed by atoms with E-state index < -0.39 is 0 Å². The highest BCUT2D eigenvalue weighted by molar-refractivity contribution is 6.03. The van der Waals surface area contributed by atoms with Crippen LogP contribution in [0.1, 0.15) is 41.9 Å². The van der Waals surface area contributed by atoms with E-state index in [2.05, 4.69) is 40.9 Å². The zero-order valence-electron chi connectivity index (χ0n) is 13.0. The van der Waals surface area contributed by atoms with E-state index in [1.807, 2.05) is 24.3 Å². The molecule has 2 aromatic rings. The van der Waals surface area contributed by atoms with Crippen LogP contribution >= 0.6 is 0 Å². The summed E-state index contributed by atoms with van der Waals surface area (Å²) in [5.41, 5.74) is 7.59. The Balaban J connectivity index is 1.43. The van der Waals surface area contributed by atoms with Crippen LogP contribution in [0.3, 0.4) is 0 Å². The van der Waals surface area contributed by atoms with Crippen LogP contribution < -0.4 is 5.43 Å². The molecular formula is C20H20N2O. The predicted octanol–water partition coefficient (Wildman–Crippen LogP) is 3.65. The van der Waals surface area contributed by atoms with E-state index >= 15 is 0 Å². The van der Waals surface area contributed by atoms with Crippen molar-refractivity contribution in [1.82, 2.24) is 5.43 Å². The Morgan fingerprint density at radius 2 is 1.78 bits per heavy atom. The van der Waals surface area contributed by atoms with Crippen molar-refractivity contribution in [1.29, 1.82) is 0 Å². The minimum Gasteiger partial charge on any atom is -0.273 e. The van der Waals surface area contributed by atoms with Gasteiger partial charge in [-0.1, -0.05) is 54.6 Å². The van der Waals surface area contributed by atoms with Gasteiger partial charge >= 0.3 is 0 Å². The highest BCUT2D eigenvalue weighted by Gasteiger charge is 2.43. The number of aryl methyl sites for hydroxylation is 1. The number of nitrogens with zero attached hydrogens (tertiary/aromatic N) is 1. The molecule has 0 radical (unpaired) electrons. The number of hydrazone groups is 1. The lowest BCUT2D eigenvalue weighted by atomic mass is 9.90. The van der Waals surface area contributed by atoms with Gasteiger partial charge in [0.2, 0.25) is 5.91 Å². The van der Waals surface area contributed by atoms with Crippen LogP contribution in [0.25, 0.3) is 0 Å². The summed E-state index contributed by atoms with van der Waals surface area (Å²) in [6.45, 7) is 0. The molecular weight excluding hydrogens is 284 g/mol. The molecule has 116 valence electrons. The molecule has 4 rings (SSSR count). The van der Waals surface area contributed by atoms with Gasteiger partial charge in [-0.2, -0.15) is 5.10 Å². The first-order valence-electron chi connectivity index (χ1n) is 8.32. The Labute approximate surface area is 136 Å². The number of nitrogens with one attached hydrogen (secondary N) is 1. The number of fused-ring (bicyclic) bond motifs is 1. The minimum atomic E-state index is 0.0504. The zero-order chi connectivity index (χ0) is 15.6. The Morgan fingerprint density at radius 1 is 1.00 bits per heavy atom. The van der Waals surface area contributed by atoms with Crippen LogP contribution in [0.15, 0.2) is 59.7 Å². The fourth-order valence-corrected chi connectivity index (χ4v) is 3.48. The third kappa shape index (κ3) is 2.91. The maximum absolute atomic E-state index is 12.3. The summed E-state index contributed by atoms with van der Waals surface area (Å²) in [5.74, 6) is 0.477. The fourth-order valence-electron chi connectivity index (χ4n) is 3.48. The highest BCUT2D eigenvalue weighted by Crippen LogP contribution is 2.47. The summed E-state index contributed by atoms with van der Waals surface area (Å²) in [4.78, 5) is 12.3. The summed E-state index contributed by atoms with van der Waals surface area (Å²) in [5, 5.41) is 4.43. The fraction of sp³-hybridized carbons (Fsp3) is 0.300. The van der Waals surface area contributed by atoms with Crippen molar-refractivity contribution in [3.05, 3.63) is 71.3 Å². The molecule has 2 atom stereocenters. The summed E-state index contributed by atoms with van der Waals surface area (Å²) < 4.78 is 0. The van der Waals surface area contributed by atoms with E-state index in [9.17, 15) is 4.79 Å². The van der Waals surface area contributed by atoms with E-state index in [4.69, 9.17) is 0 Å². The number of hydrogen-bond acceptors (Lipinski definition) is 2. The van der Waals surface area contributed by atoms with Crippen molar-refractivity contribution in [2.45, 2.75) is 31.6 Å². The van der Waals surface area contributed by atoms with Crippen LogP contribution in [0.4, 0.5) is 0 Å². The maximum Gasteiger partial charge on any atom is 0.243 e. The van der Waals surface area contributed by atoms with Gasteiger partial charge in [-0.3, -0.25) is 4.79 Å². The van der Waals surface area contributed by atoms with E-state index in [-0.39, 0.29) is 11.8 Å². The molecule has 0 spiro atoms. The number of hydrogen-bond donors (Lipinski definition) is 1. The third-order valence-electron chi connectivity index (χ3n) is 4.84. The zero-order valence-corrected chi connectivity index (χ0v) is 13.0. The first kappa shape index (κ1) is 14.2. The molecule has 1 N–H and O–H groups in total. The molecule has 2 aliphatic carbocycles. The molecule has 1 fully saturated rings. The third-order valence-corrected chi connectivity index (χ3v) is 4.84. The normalized spacial score (nSPS) is 24.1. The largest absolute Gasteiger partial charge is 0.273 e. The van der Waals surface area contributed by atoms with Crippen molar-refractivity contribution in [3.63, 3.8) is 0 Å². The predicted molar refractivity (Wildman–Crippen MR) is 91.3 cm³/mol. The number of carbonyl (C=O) groups excluding carboxylic acids is 1. The second kappa shape index (κ2) is 5.99. The van der Waals surface area contributed by atoms with Crippen molar-refractivity contribution in [2.24, 2.45) is 11.0 Å². The van der Waals surface area contributed by atoms with Crippen molar-refractivity contribution in [2.75, 3.05) is 0 Å². The summed E-state index contributed by atoms with van der Waals surface area (Å²) in [6.07, 6.45) is 4.06. The van der Waals surface area contributed by atoms with Gasteiger partial charge in [0.05, 0.1) is 5.71 Å². The average Bonchev–Trinajstić information content (AvgIpc) is 3.41. The molecule has 3 heteroatoms. The van der Waals surface area contributed by atoms with Gasteiger partial charge in [0.1, 0.15) is 0 Å². The summed E-state index contributed by atoms with van der Waals surface area (Å²) in [7, 11) is 0. The maximum atomic E-state index is 12.3. The van der Waals surface area contributed by atoms with E-state index in [1.54, 1.807) is 0 Å². The second-order valence-electron chi connectivity index (χ2n) is 6.40. The standard InChI is InChI=1S/C20H20N2O/c23-20(18-13-17(18)15-7-2-1-3-8-15)22-21-19-12-6-10-14-9-4-5-11-16(14)19/h1-5,7-9,11,17-18H,6,10,12-13H2,(H,22,23)/b21-19+/t17-,18-/m0/s1. The molecule has 3 nitrogen and oxygen atoms in total. The molecule has 2 aromatic carbocycles. The molecule has 0 aromatic heterocycles. The Hall–Kier alpha value is -2.42. The lowest BCUT2D eigenvalue weighted by Crippen LogP contribution is -2.23. The topological polar surface area (TPSA) is 41.5 Å². The second-order valence-corrected chi connectivity index (χ2v) is 6.40. The smallest absolute Gasteiger partial charge is 0.243 e. The van der Waals surface area contributed by atoms with Gasteiger partial charge in [-0.25, -0.2) is 5.43 Å². The summed E-state index contributed by atoms with van der Waals surface area (Å²) >= 11 is 0. The average molecular weight is 304 g/mol. The highest BCUT2D eigenvalue weighted by atomic mass is 16.2. The molecule has 23 heavy (non-hydrogen) atoms. The van der Waals surface area contributed by atoms with E-state index in [0.29, 0.717) is 5.92 Å².